The number of H-pyrrole nitrogens is 1. The van der Waals surface area contributed by atoms with Crippen molar-refractivity contribution < 1.29 is 18.3 Å². The number of rotatable bonds is 6. The van der Waals surface area contributed by atoms with Crippen LogP contribution in [0.3, 0.4) is 0 Å². The molecule has 1 fully saturated rings. The van der Waals surface area contributed by atoms with Crippen LogP contribution in [0.15, 0.2) is 71.6 Å². The zero-order valence-electron chi connectivity index (χ0n) is 19.9. The second-order valence-corrected chi connectivity index (χ2v) is 11.9. The van der Waals surface area contributed by atoms with Gasteiger partial charge in [0.2, 0.25) is 0 Å². The number of nitrogens with zero attached hydrogens (tertiary/aromatic N) is 1. The molecule has 0 amide bonds. The number of hydrogen-bond donors (Lipinski definition) is 2. The number of aromatic nitrogens is 1. The first-order valence-electron chi connectivity index (χ1n) is 11.8. The van der Waals surface area contributed by atoms with Crippen molar-refractivity contribution >= 4 is 38.3 Å². The molecular weight excluding hydrogens is 496 g/mol. The third kappa shape index (κ3) is 5.19. The normalized spacial score (nSPS) is 15.4. The van der Waals surface area contributed by atoms with Crippen molar-refractivity contribution in [1.29, 1.82) is 0 Å². The van der Waals surface area contributed by atoms with Gasteiger partial charge in [-0.1, -0.05) is 48.0 Å². The molecule has 1 saturated heterocycles. The number of carboxylic acid groups (broad SMARTS) is 1. The maximum atomic E-state index is 11.7. The largest absolute Gasteiger partial charge is 0.481 e. The second kappa shape index (κ2) is 9.73. The third-order valence-corrected chi connectivity index (χ3v) is 8.35. The van der Waals surface area contributed by atoms with E-state index >= 15 is 0 Å². The monoisotopic (exact) mass is 522 g/mol. The lowest BCUT2D eigenvalue weighted by atomic mass is 9.97. The topological polar surface area (TPSA) is 90.5 Å². The van der Waals surface area contributed by atoms with E-state index in [-0.39, 0.29) is 5.92 Å². The number of halogens is 1. The molecule has 5 rings (SSSR count). The van der Waals surface area contributed by atoms with Crippen molar-refractivity contribution in [3.8, 4) is 22.3 Å². The Morgan fingerprint density at radius 1 is 0.972 bits per heavy atom. The Kier molecular flexibility index (Phi) is 6.64. The van der Waals surface area contributed by atoms with Crippen molar-refractivity contribution in [2.24, 2.45) is 5.92 Å². The van der Waals surface area contributed by atoms with Crippen LogP contribution in [-0.2, 0) is 21.2 Å². The predicted octanol–water partition coefficient (Wildman–Crippen LogP) is 5.86. The van der Waals surface area contributed by atoms with Crippen LogP contribution >= 0.6 is 11.6 Å². The average Bonchev–Trinajstić information content (AvgIpc) is 3.24. The number of piperidine rings is 1. The fourth-order valence-electron chi connectivity index (χ4n) is 4.84. The minimum Gasteiger partial charge on any atom is -0.481 e. The predicted molar refractivity (Wildman–Crippen MR) is 143 cm³/mol. The van der Waals surface area contributed by atoms with Gasteiger partial charge in [-0.15, -0.1) is 0 Å². The summed E-state index contributed by atoms with van der Waals surface area (Å²) in [6, 6.07) is 21.1. The quantitative estimate of drug-likeness (QED) is 0.331. The SMILES string of the molecule is CS(=O)(=O)c1ccc(-c2ccc(-c3cc4cc(CN5CCC(C(=O)O)CC5)[nH]c4cc3Cl)cc2)cc1. The highest BCUT2D eigenvalue weighted by atomic mass is 35.5. The van der Waals surface area contributed by atoms with E-state index in [0.717, 1.165) is 58.5 Å². The Morgan fingerprint density at radius 2 is 1.56 bits per heavy atom. The summed E-state index contributed by atoms with van der Waals surface area (Å²) in [5.41, 5.74) is 5.93. The average molecular weight is 523 g/mol. The first-order valence-corrected chi connectivity index (χ1v) is 14.1. The summed E-state index contributed by atoms with van der Waals surface area (Å²) in [7, 11) is -3.22. The number of fused-ring (bicyclic) bond motifs is 1. The zero-order chi connectivity index (χ0) is 25.4. The van der Waals surface area contributed by atoms with E-state index in [1.807, 2.05) is 42.5 Å². The van der Waals surface area contributed by atoms with E-state index in [1.165, 1.54) is 6.26 Å². The summed E-state index contributed by atoms with van der Waals surface area (Å²) in [4.78, 5) is 17.2. The van der Waals surface area contributed by atoms with Crippen LogP contribution in [0.1, 0.15) is 18.5 Å². The number of aromatic amines is 1. The van der Waals surface area contributed by atoms with Crippen molar-refractivity contribution in [3.05, 3.63) is 77.4 Å². The highest BCUT2D eigenvalue weighted by Crippen LogP contribution is 2.34. The van der Waals surface area contributed by atoms with Crippen molar-refractivity contribution in [3.63, 3.8) is 0 Å². The summed E-state index contributed by atoms with van der Waals surface area (Å²) in [6.07, 6.45) is 2.57. The molecule has 6 nitrogen and oxygen atoms in total. The number of carboxylic acids is 1. The molecule has 0 spiro atoms. The van der Waals surface area contributed by atoms with Gasteiger partial charge in [-0.05, 0) is 73.0 Å². The molecule has 3 aromatic carbocycles. The van der Waals surface area contributed by atoms with Gasteiger partial charge in [-0.2, -0.15) is 0 Å². The zero-order valence-corrected chi connectivity index (χ0v) is 21.4. The van der Waals surface area contributed by atoms with Gasteiger partial charge in [-0.3, -0.25) is 9.69 Å². The minimum atomic E-state index is -3.22. The number of aliphatic carboxylic acids is 1. The number of benzene rings is 3. The Morgan fingerprint density at radius 3 is 2.14 bits per heavy atom. The van der Waals surface area contributed by atoms with Crippen molar-refractivity contribution in [2.75, 3.05) is 19.3 Å². The Balaban J connectivity index is 1.34. The van der Waals surface area contributed by atoms with E-state index in [1.54, 1.807) is 12.1 Å². The van der Waals surface area contributed by atoms with Gasteiger partial charge in [0, 0.05) is 35.0 Å². The maximum Gasteiger partial charge on any atom is 0.306 e. The van der Waals surface area contributed by atoms with Crippen LogP contribution in [0, 0.1) is 5.92 Å². The molecule has 186 valence electrons. The Bertz CT molecular complexity index is 1520. The van der Waals surface area contributed by atoms with Crippen LogP contribution in [0.25, 0.3) is 33.2 Å². The van der Waals surface area contributed by atoms with E-state index < -0.39 is 15.8 Å². The first-order chi connectivity index (χ1) is 17.2. The second-order valence-electron chi connectivity index (χ2n) is 9.48. The fraction of sp³-hybridized carbons (Fsp3) is 0.250. The number of likely N-dealkylation sites (tertiary alicyclic amines) is 1. The molecule has 0 saturated carbocycles. The highest BCUT2D eigenvalue weighted by Gasteiger charge is 2.24. The van der Waals surface area contributed by atoms with Gasteiger partial charge in [0.25, 0.3) is 0 Å². The molecule has 2 N–H and O–H groups in total. The molecule has 1 aliphatic heterocycles. The molecule has 0 atom stereocenters. The van der Waals surface area contributed by atoms with E-state index in [9.17, 15) is 18.3 Å². The van der Waals surface area contributed by atoms with Gasteiger partial charge in [0.1, 0.15) is 0 Å². The van der Waals surface area contributed by atoms with Crippen LogP contribution in [0.2, 0.25) is 5.02 Å². The lowest BCUT2D eigenvalue weighted by molar-refractivity contribution is -0.143. The Labute approximate surface area is 215 Å². The molecule has 4 aromatic rings. The van der Waals surface area contributed by atoms with E-state index in [2.05, 4.69) is 22.0 Å². The number of nitrogens with one attached hydrogen (secondary N) is 1. The minimum absolute atomic E-state index is 0.233. The van der Waals surface area contributed by atoms with Crippen LogP contribution < -0.4 is 0 Å². The molecule has 8 heteroatoms. The molecule has 0 aliphatic carbocycles. The van der Waals surface area contributed by atoms with Gasteiger partial charge in [0.05, 0.1) is 15.8 Å². The van der Waals surface area contributed by atoms with E-state index in [0.29, 0.717) is 22.8 Å². The lowest BCUT2D eigenvalue weighted by Crippen LogP contribution is -2.35. The van der Waals surface area contributed by atoms with Crippen molar-refractivity contribution in [1.82, 2.24) is 9.88 Å². The number of sulfone groups is 1. The summed E-state index contributed by atoms with van der Waals surface area (Å²) in [6.45, 7) is 2.31. The van der Waals surface area contributed by atoms with Crippen LogP contribution in [0.4, 0.5) is 0 Å². The van der Waals surface area contributed by atoms with Gasteiger partial charge in [0.15, 0.2) is 9.84 Å². The van der Waals surface area contributed by atoms with Gasteiger partial charge in [-0.25, -0.2) is 8.42 Å². The molecule has 0 radical (unpaired) electrons. The molecular formula is C28H27ClN2O4S. The highest BCUT2D eigenvalue weighted by molar-refractivity contribution is 7.90. The smallest absolute Gasteiger partial charge is 0.306 e. The molecule has 36 heavy (non-hydrogen) atoms. The van der Waals surface area contributed by atoms with Crippen LogP contribution in [0.5, 0.6) is 0 Å². The summed E-state index contributed by atoms with van der Waals surface area (Å²) in [5, 5.41) is 10.9. The van der Waals surface area contributed by atoms with Gasteiger partial charge >= 0.3 is 5.97 Å². The third-order valence-electron chi connectivity index (χ3n) is 6.91. The molecule has 1 aliphatic rings. The molecule has 0 unspecified atom stereocenters. The van der Waals surface area contributed by atoms with Gasteiger partial charge < -0.3 is 10.1 Å². The van der Waals surface area contributed by atoms with Crippen LogP contribution in [-0.4, -0.2) is 48.7 Å². The van der Waals surface area contributed by atoms with E-state index in [4.69, 9.17) is 11.6 Å². The summed E-state index contributed by atoms with van der Waals surface area (Å²) < 4.78 is 23.4. The standard InChI is InChI=1S/C28H27ClN2O4S/c1-36(34,35)24-8-6-19(7-9-24)18-2-4-20(5-3-18)25-15-22-14-23(30-27(22)16-26(25)29)17-31-12-10-21(11-13-31)28(32)33/h2-9,14-16,21,30H,10-13,17H2,1H3,(H,32,33). The molecule has 2 heterocycles. The maximum absolute atomic E-state index is 11.7. The Hall–Kier alpha value is -3.13. The van der Waals surface area contributed by atoms with Crippen molar-refractivity contribution in [2.45, 2.75) is 24.3 Å². The lowest BCUT2D eigenvalue weighted by Gasteiger charge is -2.29. The molecule has 1 aromatic heterocycles. The molecule has 0 bridgehead atoms. The number of carbonyl (C=O) groups is 1. The first kappa shape index (κ1) is 24.6. The fourth-order valence-corrected chi connectivity index (χ4v) is 5.74. The number of hydrogen-bond acceptors (Lipinski definition) is 4. The summed E-state index contributed by atoms with van der Waals surface area (Å²) in [5.74, 6) is -0.927. The summed E-state index contributed by atoms with van der Waals surface area (Å²) >= 11 is 6.66.